The first-order valence-corrected chi connectivity index (χ1v) is 9.32. The van der Waals surface area contributed by atoms with Crippen LogP contribution < -0.4 is 5.56 Å². The third-order valence-electron chi connectivity index (χ3n) is 4.67. The van der Waals surface area contributed by atoms with Gasteiger partial charge in [-0.15, -0.1) is 5.10 Å². The first-order chi connectivity index (χ1) is 12.2. The van der Waals surface area contributed by atoms with Crippen molar-refractivity contribution in [1.82, 2.24) is 19.9 Å². The first-order valence-electron chi connectivity index (χ1n) is 8.38. The maximum Gasteiger partial charge on any atom is 0.277 e. The van der Waals surface area contributed by atoms with Gasteiger partial charge in [-0.05, 0) is 47.4 Å². The van der Waals surface area contributed by atoms with E-state index in [1.54, 1.807) is 29.5 Å². The van der Waals surface area contributed by atoms with Gasteiger partial charge in [0, 0.05) is 13.0 Å². The molecule has 3 heterocycles. The molecule has 1 fully saturated rings. The number of amides is 1. The summed E-state index contributed by atoms with van der Waals surface area (Å²) >= 11 is 1.65. The molecule has 3 aromatic rings. The van der Waals surface area contributed by atoms with E-state index in [9.17, 15) is 9.59 Å². The van der Waals surface area contributed by atoms with Gasteiger partial charge in [0.15, 0.2) is 0 Å². The van der Waals surface area contributed by atoms with Crippen molar-refractivity contribution < 1.29 is 4.79 Å². The minimum atomic E-state index is -0.200. The number of benzene rings is 1. The monoisotopic (exact) mass is 354 g/mol. The van der Waals surface area contributed by atoms with Gasteiger partial charge in [0.25, 0.3) is 5.56 Å². The van der Waals surface area contributed by atoms with Gasteiger partial charge in [-0.25, -0.2) is 4.68 Å². The maximum absolute atomic E-state index is 12.7. The van der Waals surface area contributed by atoms with E-state index in [0.29, 0.717) is 10.9 Å². The minimum Gasteiger partial charge on any atom is -0.336 e. The topological polar surface area (TPSA) is 68.1 Å². The molecule has 4 rings (SSSR count). The van der Waals surface area contributed by atoms with E-state index in [1.807, 2.05) is 16.3 Å². The number of fused-ring (bicyclic) bond motifs is 1. The van der Waals surface area contributed by atoms with Gasteiger partial charge in [0.1, 0.15) is 5.52 Å². The molecule has 0 radical (unpaired) electrons. The molecular formula is C18H18N4O2S. The number of rotatable bonds is 4. The van der Waals surface area contributed by atoms with Crippen molar-refractivity contribution in [3.8, 4) is 0 Å². The zero-order valence-corrected chi connectivity index (χ0v) is 14.5. The van der Waals surface area contributed by atoms with E-state index < -0.39 is 0 Å². The normalized spacial score (nSPS) is 17.3. The van der Waals surface area contributed by atoms with Crippen molar-refractivity contribution in [3.63, 3.8) is 0 Å². The van der Waals surface area contributed by atoms with Crippen molar-refractivity contribution in [1.29, 1.82) is 0 Å². The van der Waals surface area contributed by atoms with Crippen LogP contribution in [0.1, 0.15) is 30.9 Å². The Hall–Kier alpha value is -2.54. The van der Waals surface area contributed by atoms with E-state index in [-0.39, 0.29) is 30.5 Å². The number of aryl methyl sites for hydroxylation is 1. The van der Waals surface area contributed by atoms with Gasteiger partial charge in [0.2, 0.25) is 5.91 Å². The number of hydrogen-bond acceptors (Lipinski definition) is 5. The highest BCUT2D eigenvalue weighted by Crippen LogP contribution is 2.33. The molecule has 0 spiro atoms. The summed E-state index contributed by atoms with van der Waals surface area (Å²) < 4.78 is 1.29. The predicted molar refractivity (Wildman–Crippen MR) is 96.4 cm³/mol. The van der Waals surface area contributed by atoms with Crippen molar-refractivity contribution in [3.05, 3.63) is 57.0 Å². The fraction of sp³-hybridized carbons (Fsp3) is 0.333. The molecular weight excluding hydrogens is 336 g/mol. The van der Waals surface area contributed by atoms with Crippen LogP contribution in [-0.2, 0) is 11.3 Å². The highest BCUT2D eigenvalue weighted by atomic mass is 32.1. The Kier molecular flexibility index (Phi) is 4.31. The van der Waals surface area contributed by atoms with Gasteiger partial charge >= 0.3 is 0 Å². The van der Waals surface area contributed by atoms with Gasteiger partial charge in [-0.2, -0.15) is 11.3 Å². The number of thiophene rings is 1. The van der Waals surface area contributed by atoms with Gasteiger partial charge in [-0.3, -0.25) is 9.59 Å². The highest BCUT2D eigenvalue weighted by Gasteiger charge is 2.29. The molecule has 1 amide bonds. The molecule has 7 heteroatoms. The quantitative estimate of drug-likeness (QED) is 0.722. The number of carbonyl (C=O) groups is 1. The Balaban J connectivity index is 1.49. The third-order valence-corrected chi connectivity index (χ3v) is 5.37. The summed E-state index contributed by atoms with van der Waals surface area (Å²) in [6.07, 6.45) is 2.27. The fourth-order valence-corrected chi connectivity index (χ4v) is 4.10. The van der Waals surface area contributed by atoms with Crippen LogP contribution in [0, 0.1) is 0 Å². The number of nitrogens with zero attached hydrogens (tertiary/aromatic N) is 4. The number of hydrogen-bond donors (Lipinski definition) is 0. The van der Waals surface area contributed by atoms with Gasteiger partial charge < -0.3 is 4.90 Å². The second-order valence-electron chi connectivity index (χ2n) is 6.19. The Bertz CT molecular complexity index is 951. The largest absolute Gasteiger partial charge is 0.336 e. The minimum absolute atomic E-state index is 0.0653. The Morgan fingerprint density at radius 1 is 1.28 bits per heavy atom. The van der Waals surface area contributed by atoms with E-state index >= 15 is 0 Å². The van der Waals surface area contributed by atoms with Crippen molar-refractivity contribution in [2.24, 2.45) is 0 Å². The number of carbonyl (C=O) groups excluding carboxylic acids is 1. The zero-order chi connectivity index (χ0) is 17.2. The van der Waals surface area contributed by atoms with Crippen LogP contribution in [0.25, 0.3) is 10.9 Å². The molecule has 0 unspecified atom stereocenters. The van der Waals surface area contributed by atoms with Crippen molar-refractivity contribution in [2.45, 2.75) is 31.8 Å². The zero-order valence-electron chi connectivity index (χ0n) is 13.7. The average molecular weight is 354 g/mol. The van der Waals surface area contributed by atoms with Crippen LogP contribution in [0.2, 0.25) is 0 Å². The van der Waals surface area contributed by atoms with Crippen molar-refractivity contribution in [2.75, 3.05) is 6.54 Å². The Morgan fingerprint density at radius 3 is 3.00 bits per heavy atom. The molecule has 0 N–H and O–H groups in total. The first kappa shape index (κ1) is 16.0. The summed E-state index contributed by atoms with van der Waals surface area (Å²) in [5, 5.41) is 12.7. The molecule has 1 aliphatic rings. The lowest BCUT2D eigenvalue weighted by Gasteiger charge is -2.24. The SMILES string of the molecule is O=C(CCn1nnc2ccccc2c1=O)N1CCC[C@@H]1c1ccsc1. The second-order valence-corrected chi connectivity index (χ2v) is 6.97. The summed E-state index contributed by atoms with van der Waals surface area (Å²) in [5.74, 6) is 0.0653. The number of likely N-dealkylation sites (tertiary alicyclic amines) is 1. The molecule has 0 saturated carbocycles. The van der Waals surface area contributed by atoms with Crippen LogP contribution >= 0.6 is 11.3 Å². The average Bonchev–Trinajstić information content (AvgIpc) is 3.32. The molecule has 1 aromatic carbocycles. The second kappa shape index (κ2) is 6.76. The summed E-state index contributed by atoms with van der Waals surface area (Å²) in [6.45, 7) is 1.03. The molecule has 2 aromatic heterocycles. The fourth-order valence-electron chi connectivity index (χ4n) is 3.39. The smallest absolute Gasteiger partial charge is 0.277 e. The molecule has 0 aliphatic carbocycles. The lowest BCUT2D eigenvalue weighted by molar-refractivity contribution is -0.132. The van der Waals surface area contributed by atoms with Crippen LogP contribution in [-0.4, -0.2) is 32.3 Å². The summed E-state index contributed by atoms with van der Waals surface area (Å²) in [7, 11) is 0. The third kappa shape index (κ3) is 3.07. The molecule has 1 saturated heterocycles. The van der Waals surface area contributed by atoms with E-state index in [4.69, 9.17) is 0 Å². The predicted octanol–water partition coefficient (Wildman–Crippen LogP) is 2.61. The molecule has 1 atom stereocenters. The Morgan fingerprint density at radius 2 is 2.16 bits per heavy atom. The van der Waals surface area contributed by atoms with Crippen LogP contribution in [0.3, 0.4) is 0 Å². The number of aromatic nitrogens is 3. The molecule has 128 valence electrons. The molecule has 1 aliphatic heterocycles. The standard InChI is InChI=1S/C18H18N4O2S/c23-17(21-9-3-6-16(21)13-8-11-25-12-13)7-10-22-18(24)14-4-1-2-5-15(14)19-20-22/h1-2,4-5,8,11-12,16H,3,6-7,9-10H2/t16-/m1/s1. The van der Waals surface area contributed by atoms with Crippen LogP contribution in [0.4, 0.5) is 0 Å². The lowest BCUT2D eigenvalue weighted by atomic mass is 10.1. The van der Waals surface area contributed by atoms with Crippen LogP contribution in [0.5, 0.6) is 0 Å². The van der Waals surface area contributed by atoms with Gasteiger partial charge in [0.05, 0.1) is 18.0 Å². The summed E-state index contributed by atoms with van der Waals surface area (Å²) in [6, 6.07) is 9.37. The van der Waals surface area contributed by atoms with E-state index in [0.717, 1.165) is 19.4 Å². The molecule has 0 bridgehead atoms. The highest BCUT2D eigenvalue weighted by molar-refractivity contribution is 7.08. The van der Waals surface area contributed by atoms with Crippen molar-refractivity contribution >= 4 is 28.1 Å². The maximum atomic E-state index is 12.7. The van der Waals surface area contributed by atoms with Gasteiger partial charge in [-0.1, -0.05) is 17.3 Å². The van der Waals surface area contributed by atoms with Crippen LogP contribution in [0.15, 0.2) is 45.9 Å². The summed E-state index contributed by atoms with van der Waals surface area (Å²) in [4.78, 5) is 27.0. The molecule has 6 nitrogen and oxygen atoms in total. The van der Waals surface area contributed by atoms with E-state index in [1.165, 1.54) is 10.2 Å². The lowest BCUT2D eigenvalue weighted by Crippen LogP contribution is -2.33. The Labute approximate surface area is 148 Å². The molecule has 25 heavy (non-hydrogen) atoms. The van der Waals surface area contributed by atoms with E-state index in [2.05, 4.69) is 21.8 Å². The summed E-state index contributed by atoms with van der Waals surface area (Å²) in [5.41, 5.74) is 1.58.